The number of hydrogen-bond donors (Lipinski definition) is 13. The maximum atomic E-state index is 14.8. The molecule has 0 radical (unpaired) electrons. The van der Waals surface area contributed by atoms with Gasteiger partial charge in [-0.15, -0.1) is 0 Å². The normalized spacial score (nSPS) is 25.1. The van der Waals surface area contributed by atoms with E-state index in [4.69, 9.17) is 22.4 Å². The molecular formula is C49H66N10O10S2. The first-order chi connectivity index (χ1) is 37.2. The summed E-state index contributed by atoms with van der Waals surface area (Å²) in [6.45, 7) is 1.92. The number of rotatable bonds is 17. The fraction of sp³-hybridized carbons (Fsp3) is 0.449. The van der Waals surface area contributed by atoms with Crippen LogP contribution in [0.25, 0.3) is 10.9 Å². The van der Waals surface area contributed by atoms with Crippen LogP contribution in [0.3, 0.4) is 0 Å². The van der Waals surface area contributed by atoms with E-state index in [1.165, 1.54) is 13.8 Å². The minimum absolute atomic E-state index is 0.0518. The van der Waals surface area contributed by atoms with Crippen LogP contribution in [0.1, 0.15) is 60.8 Å². The minimum Gasteiger partial charge on any atom is -0.394 e. The number of fused-ring (bicyclic) bond motifs is 1. The molecule has 3 aromatic carbocycles. The average Bonchev–Trinajstić information content (AvgIpc) is 3.84. The first-order valence-electron chi connectivity index (χ1n) is 26.7. The third-order valence-corrected chi connectivity index (χ3v) is 13.6. The van der Waals surface area contributed by atoms with E-state index in [1.54, 1.807) is 60.8 Å². The quantitative estimate of drug-likeness (QED) is 0.0455. The summed E-state index contributed by atoms with van der Waals surface area (Å²) in [6, 6.07) is -4.26. The molecule has 0 aliphatic carbocycles. The van der Waals surface area contributed by atoms with Crippen molar-refractivity contribution < 1.29 is 59.8 Å². The van der Waals surface area contributed by atoms with Gasteiger partial charge >= 0.3 is 0 Å². The molecule has 0 spiro atoms. The fourth-order valence-corrected chi connectivity index (χ4v) is 9.56. The van der Waals surface area contributed by atoms with Crippen molar-refractivity contribution in [2.24, 2.45) is 11.5 Å². The summed E-state index contributed by atoms with van der Waals surface area (Å²) in [5, 5.41) is 49.3. The molecule has 7 amide bonds. The summed E-state index contributed by atoms with van der Waals surface area (Å²) in [4.78, 5) is 104. The highest BCUT2D eigenvalue weighted by atomic mass is 33.1. The van der Waals surface area contributed by atoms with Crippen LogP contribution < -0.4 is 48.7 Å². The highest BCUT2D eigenvalue weighted by Gasteiger charge is 2.36. The van der Waals surface area contributed by atoms with Crippen molar-refractivity contribution >= 4 is 73.8 Å². The summed E-state index contributed by atoms with van der Waals surface area (Å²) >= 11 is 0. The first kappa shape index (κ1) is 44.9. The van der Waals surface area contributed by atoms with Crippen LogP contribution in [0.4, 0.5) is 0 Å². The fourth-order valence-electron chi connectivity index (χ4n) is 7.23. The molecule has 4 aromatic rings. The zero-order valence-electron chi connectivity index (χ0n) is 47.0. The predicted molar refractivity (Wildman–Crippen MR) is 272 cm³/mol. The SMILES string of the molecule is [2H]c1c([2H])c([2H])c(C([2H])([2H])[C@@]([2H])(N)C(=O)N[C@H]2CSSC[C@@H](C(=O)N[C@H](CO)[C@@H](C)O)NC(=O)[C@H]([C@@H](C)O)NC(=O)[C@H](CCCCN)NC(=O)[C@@H](Cc3c[nH]c4ccccc34)NC(=O)[C@H](Cc3ccccc3)NC2=O)c([2H])c1[2H]. The molecule has 1 aromatic heterocycles. The number of aliphatic hydroxyl groups excluding tert-OH is 3. The van der Waals surface area contributed by atoms with Crippen LogP contribution in [-0.4, -0.2) is 147 Å². The highest BCUT2D eigenvalue weighted by Crippen LogP contribution is 2.24. The summed E-state index contributed by atoms with van der Waals surface area (Å²) in [5.41, 5.74) is 12.5. The number of hydrogen-bond acceptors (Lipinski definition) is 14. The number of carbonyl (C=O) groups is 7. The van der Waals surface area contributed by atoms with Crippen LogP contribution in [0, 0.1) is 0 Å². The van der Waals surface area contributed by atoms with Gasteiger partial charge in [-0.05, 0) is 68.8 Å². The van der Waals surface area contributed by atoms with E-state index < -0.39 is 162 Å². The zero-order chi connectivity index (χ0) is 58.5. The first-order valence-corrected chi connectivity index (χ1v) is 25.2. The van der Waals surface area contributed by atoms with E-state index in [-0.39, 0.29) is 32.2 Å². The number of H-pyrrole nitrogens is 1. The Morgan fingerprint density at radius 2 is 1.44 bits per heavy atom. The van der Waals surface area contributed by atoms with E-state index in [0.717, 1.165) is 21.6 Å². The number of aromatic amines is 1. The predicted octanol–water partition coefficient (Wildman–Crippen LogP) is -0.805. The lowest BCUT2D eigenvalue weighted by atomic mass is 10.0. The number of nitrogens with one attached hydrogen (secondary N) is 8. The number of unbranched alkanes of at least 4 members (excludes halogenated alkanes) is 1. The van der Waals surface area contributed by atoms with Crippen LogP contribution in [0.5, 0.6) is 0 Å². The Labute approximate surface area is 431 Å². The second-order valence-electron chi connectivity index (χ2n) is 16.7. The van der Waals surface area contributed by atoms with Crippen molar-refractivity contribution in [2.45, 2.75) is 113 Å². The Morgan fingerprint density at radius 1 is 0.803 bits per heavy atom. The Hall–Kier alpha value is -6.01. The van der Waals surface area contributed by atoms with Crippen molar-refractivity contribution in [3.63, 3.8) is 0 Å². The standard InChI is InChI=1S/C49H66N10O10S2/c1-28(61)39(25-60)56-48(68)41-27-71-70-26-40(57-43(63)34(51)21-30-13-5-3-6-14-30)47(67)54-37(22-31-15-7-4-8-16-31)45(65)55-38(23-32-24-52-35-18-10-9-17-33(32)35)46(66)53-36(19-11-12-20-50)44(64)59-42(29(2)62)49(69)58-41/h3-10,13-18,24,28-29,34,36-42,52,60-62H,11-12,19-23,25-27,50-51H2,1-2H3,(H,53,66)(H,54,67)(H,55,65)(H,56,68)(H,57,63)(H,58,69)(H,59,64)/t28-,29-,34-,36+,37+,38-,39-,40+,41+,42+/m1/s1/i3D,5D,6D,13D,14D,21D2,34D. The monoisotopic (exact) mass is 1030 g/mol. The molecule has 22 heteroatoms. The lowest BCUT2D eigenvalue weighted by Crippen LogP contribution is -2.62. The third kappa shape index (κ3) is 17.1. The van der Waals surface area contributed by atoms with Crippen molar-refractivity contribution in [2.75, 3.05) is 24.7 Å². The molecular weight excluding hydrogens is 953 g/mol. The molecule has 1 aliphatic heterocycles. The van der Waals surface area contributed by atoms with Gasteiger partial charge in [-0.3, -0.25) is 33.6 Å². The van der Waals surface area contributed by atoms with Gasteiger partial charge in [0.15, 0.2) is 0 Å². The molecule has 384 valence electrons. The van der Waals surface area contributed by atoms with Gasteiger partial charge in [0.05, 0.1) is 39.1 Å². The molecule has 71 heavy (non-hydrogen) atoms. The van der Waals surface area contributed by atoms with Crippen molar-refractivity contribution in [3.05, 3.63) is 108 Å². The van der Waals surface area contributed by atoms with Gasteiger partial charge in [0.25, 0.3) is 0 Å². The van der Waals surface area contributed by atoms with Gasteiger partial charge in [0, 0.05) is 44.2 Å². The van der Waals surface area contributed by atoms with Crippen molar-refractivity contribution in [3.8, 4) is 0 Å². The largest absolute Gasteiger partial charge is 0.394 e. The molecule has 10 atom stereocenters. The zero-order valence-corrected chi connectivity index (χ0v) is 40.6. The van der Waals surface area contributed by atoms with Gasteiger partial charge < -0.3 is 69.0 Å². The molecule has 1 fully saturated rings. The molecule has 5 rings (SSSR count). The van der Waals surface area contributed by atoms with Crippen LogP contribution in [-0.2, 0) is 52.8 Å². The second kappa shape index (κ2) is 28.1. The van der Waals surface area contributed by atoms with Gasteiger partial charge in [0.1, 0.15) is 36.3 Å². The Balaban J connectivity index is 1.64. The third-order valence-electron chi connectivity index (χ3n) is 11.2. The summed E-state index contributed by atoms with van der Waals surface area (Å²) < 4.78 is 67.5. The van der Waals surface area contributed by atoms with E-state index >= 15 is 0 Å². The lowest BCUT2D eigenvalue weighted by Gasteiger charge is -2.29. The lowest BCUT2D eigenvalue weighted by molar-refractivity contribution is -0.136. The Bertz CT molecular complexity index is 2810. The number of para-hydroxylation sites is 1. The number of aromatic nitrogens is 1. The van der Waals surface area contributed by atoms with Gasteiger partial charge in [-0.25, -0.2) is 0 Å². The molecule has 2 heterocycles. The number of nitrogens with two attached hydrogens (primary N) is 2. The molecule has 1 aliphatic rings. The highest BCUT2D eigenvalue weighted by molar-refractivity contribution is 8.76. The van der Waals surface area contributed by atoms with E-state index in [2.05, 4.69) is 42.2 Å². The van der Waals surface area contributed by atoms with Crippen LogP contribution in [0.2, 0.25) is 0 Å². The van der Waals surface area contributed by atoms with E-state index in [1.807, 2.05) is 0 Å². The molecule has 15 N–H and O–H groups in total. The topological polar surface area (TPSA) is 332 Å². The van der Waals surface area contributed by atoms with Crippen LogP contribution in [0.15, 0.2) is 91.0 Å². The van der Waals surface area contributed by atoms with Gasteiger partial charge in [0.2, 0.25) is 41.4 Å². The second-order valence-corrected chi connectivity index (χ2v) is 19.2. The van der Waals surface area contributed by atoms with Crippen LogP contribution >= 0.6 is 21.6 Å². The molecule has 0 unspecified atom stereocenters. The van der Waals surface area contributed by atoms with Crippen molar-refractivity contribution in [1.29, 1.82) is 0 Å². The average molecular weight is 1030 g/mol. The molecule has 0 saturated carbocycles. The van der Waals surface area contributed by atoms with E-state index in [0.29, 0.717) is 28.5 Å². The minimum atomic E-state index is -3.56. The Kier molecular flexibility index (Phi) is 17.8. The molecule has 1 saturated heterocycles. The molecule has 20 nitrogen and oxygen atoms in total. The summed E-state index contributed by atoms with van der Waals surface area (Å²) in [6.07, 6.45) is -4.70. The maximum absolute atomic E-state index is 14.8. The van der Waals surface area contributed by atoms with Gasteiger partial charge in [-0.1, -0.05) is 100 Å². The smallest absolute Gasteiger partial charge is 0.245 e. The summed E-state index contributed by atoms with van der Waals surface area (Å²) in [5.74, 6) is -8.69. The number of carbonyl (C=O) groups excluding carboxylic acids is 7. The maximum Gasteiger partial charge on any atom is 0.245 e. The van der Waals surface area contributed by atoms with Crippen molar-refractivity contribution in [1.82, 2.24) is 42.2 Å². The molecule has 0 bridgehead atoms. The number of amides is 7. The number of benzene rings is 3. The summed E-state index contributed by atoms with van der Waals surface area (Å²) in [7, 11) is 1.56. The number of aliphatic hydroxyl groups is 3. The Morgan fingerprint density at radius 3 is 2.11 bits per heavy atom. The van der Waals surface area contributed by atoms with E-state index in [9.17, 15) is 48.9 Å². The van der Waals surface area contributed by atoms with Gasteiger partial charge in [-0.2, -0.15) is 0 Å².